The average Bonchev–Trinajstić information content (AvgIpc) is 3.20. The van der Waals surface area contributed by atoms with Gasteiger partial charge in [0, 0.05) is 11.3 Å². The summed E-state index contributed by atoms with van der Waals surface area (Å²) in [5.74, 6) is -0.356. The number of benzene rings is 3. The van der Waals surface area contributed by atoms with Gasteiger partial charge in [0.25, 0.3) is 11.8 Å². The number of carbonyl (C=O) groups is 2. The van der Waals surface area contributed by atoms with Crippen molar-refractivity contribution in [1.29, 1.82) is 0 Å². The number of rotatable bonds is 5. The molecule has 1 heterocycles. The molecule has 6 nitrogen and oxygen atoms in total. The smallest absolute Gasteiger partial charge is 0.261 e. The molecule has 4 rings (SSSR count). The molecule has 0 atom stereocenters. The van der Waals surface area contributed by atoms with Crippen LogP contribution >= 0.6 is 0 Å². The van der Waals surface area contributed by atoms with Crippen molar-refractivity contribution >= 4 is 23.3 Å². The number of para-hydroxylation sites is 1. The topological polar surface area (TPSA) is 76.0 Å². The van der Waals surface area contributed by atoms with E-state index in [-0.39, 0.29) is 17.4 Å². The molecule has 4 aromatic rings. The summed E-state index contributed by atoms with van der Waals surface area (Å²) in [6.45, 7) is 5.93. The minimum atomic E-state index is -0.352. The van der Waals surface area contributed by atoms with Crippen LogP contribution in [0.3, 0.4) is 0 Å². The molecule has 160 valence electrons. The summed E-state index contributed by atoms with van der Waals surface area (Å²) in [4.78, 5) is 26.1. The maximum absolute atomic E-state index is 13.1. The number of aryl methyl sites for hydroxylation is 3. The Morgan fingerprint density at radius 1 is 0.781 bits per heavy atom. The van der Waals surface area contributed by atoms with E-state index >= 15 is 0 Å². The molecule has 6 heteroatoms. The highest BCUT2D eigenvalue weighted by atomic mass is 16.2. The first kappa shape index (κ1) is 21.1. The van der Waals surface area contributed by atoms with Gasteiger partial charge in [0.05, 0.1) is 11.9 Å². The summed E-state index contributed by atoms with van der Waals surface area (Å²) in [6.07, 6.45) is 1.47. The van der Waals surface area contributed by atoms with Crippen LogP contribution in [0.2, 0.25) is 0 Å². The van der Waals surface area contributed by atoms with Crippen molar-refractivity contribution in [3.05, 3.63) is 107 Å². The van der Waals surface area contributed by atoms with Crippen molar-refractivity contribution in [2.75, 3.05) is 10.6 Å². The standard InChI is InChI=1S/C26H24N4O2/c1-17-8-7-9-20(14-17)25(31)29-24-23(16-27-30(24)22-10-5-4-6-11-22)26(32)28-21-13-12-18(2)19(3)15-21/h4-16H,1-3H3,(H,28,32)(H,29,31). The van der Waals surface area contributed by atoms with E-state index in [4.69, 9.17) is 0 Å². The maximum Gasteiger partial charge on any atom is 0.261 e. The van der Waals surface area contributed by atoms with Crippen molar-refractivity contribution in [3.8, 4) is 5.69 Å². The Hall–Kier alpha value is -4.19. The number of anilines is 2. The van der Waals surface area contributed by atoms with E-state index in [1.807, 2.05) is 81.4 Å². The van der Waals surface area contributed by atoms with Crippen LogP contribution in [-0.4, -0.2) is 21.6 Å². The Balaban J connectivity index is 1.70. The number of aromatic nitrogens is 2. The second kappa shape index (κ2) is 8.89. The molecule has 0 unspecified atom stereocenters. The molecule has 0 aliphatic heterocycles. The van der Waals surface area contributed by atoms with Crippen LogP contribution in [0.15, 0.2) is 79.0 Å². The van der Waals surface area contributed by atoms with Gasteiger partial charge in [-0.3, -0.25) is 9.59 Å². The first-order valence-electron chi connectivity index (χ1n) is 10.3. The van der Waals surface area contributed by atoms with Crippen LogP contribution in [-0.2, 0) is 0 Å². The SMILES string of the molecule is Cc1cccc(C(=O)Nc2c(C(=O)Nc3ccc(C)c(C)c3)cnn2-c2ccccc2)c1. The van der Waals surface area contributed by atoms with Crippen LogP contribution in [0, 0.1) is 20.8 Å². The lowest BCUT2D eigenvalue weighted by Gasteiger charge is -2.12. The van der Waals surface area contributed by atoms with Gasteiger partial charge in [0.15, 0.2) is 0 Å². The summed E-state index contributed by atoms with van der Waals surface area (Å²) in [5, 5.41) is 10.2. The Morgan fingerprint density at radius 2 is 1.56 bits per heavy atom. The summed E-state index contributed by atoms with van der Waals surface area (Å²) < 4.78 is 1.56. The molecular weight excluding hydrogens is 400 g/mol. The molecule has 32 heavy (non-hydrogen) atoms. The van der Waals surface area contributed by atoms with E-state index in [1.165, 1.54) is 6.20 Å². The van der Waals surface area contributed by atoms with Gasteiger partial charge in [-0.2, -0.15) is 5.10 Å². The van der Waals surface area contributed by atoms with Gasteiger partial charge in [0.1, 0.15) is 11.4 Å². The Kier molecular flexibility index (Phi) is 5.85. The molecule has 0 saturated carbocycles. The predicted octanol–water partition coefficient (Wildman–Crippen LogP) is 5.30. The van der Waals surface area contributed by atoms with Crippen LogP contribution < -0.4 is 10.6 Å². The van der Waals surface area contributed by atoms with Crippen molar-refractivity contribution in [1.82, 2.24) is 9.78 Å². The third-order valence-corrected chi connectivity index (χ3v) is 5.29. The van der Waals surface area contributed by atoms with E-state index in [0.717, 1.165) is 22.4 Å². The molecule has 2 N–H and O–H groups in total. The third kappa shape index (κ3) is 4.44. The van der Waals surface area contributed by atoms with Gasteiger partial charge >= 0.3 is 0 Å². The largest absolute Gasteiger partial charge is 0.322 e. The van der Waals surface area contributed by atoms with Crippen LogP contribution in [0.4, 0.5) is 11.5 Å². The summed E-state index contributed by atoms with van der Waals surface area (Å²) in [6, 6.07) is 22.4. The zero-order chi connectivity index (χ0) is 22.7. The van der Waals surface area contributed by atoms with Crippen molar-refractivity contribution in [3.63, 3.8) is 0 Å². The Morgan fingerprint density at radius 3 is 2.28 bits per heavy atom. The molecule has 0 bridgehead atoms. The van der Waals surface area contributed by atoms with Crippen LogP contribution in [0.1, 0.15) is 37.4 Å². The Bertz CT molecular complexity index is 1290. The minimum Gasteiger partial charge on any atom is -0.322 e. The predicted molar refractivity (Wildman–Crippen MR) is 127 cm³/mol. The fraction of sp³-hybridized carbons (Fsp3) is 0.115. The number of hydrogen-bond donors (Lipinski definition) is 2. The molecule has 0 radical (unpaired) electrons. The van der Waals surface area contributed by atoms with E-state index in [9.17, 15) is 9.59 Å². The second-order valence-corrected chi connectivity index (χ2v) is 7.73. The van der Waals surface area contributed by atoms with Crippen molar-refractivity contribution in [2.24, 2.45) is 0 Å². The molecule has 0 spiro atoms. The molecule has 2 amide bonds. The number of nitrogens with one attached hydrogen (secondary N) is 2. The summed E-state index contributed by atoms with van der Waals surface area (Å²) in [5.41, 5.74) is 5.39. The first-order chi connectivity index (χ1) is 15.4. The fourth-order valence-electron chi connectivity index (χ4n) is 3.38. The summed E-state index contributed by atoms with van der Waals surface area (Å²) >= 11 is 0. The lowest BCUT2D eigenvalue weighted by molar-refractivity contribution is 0.102. The maximum atomic E-state index is 13.1. The zero-order valence-corrected chi connectivity index (χ0v) is 18.2. The van der Waals surface area contributed by atoms with E-state index < -0.39 is 0 Å². The molecule has 0 aliphatic carbocycles. The van der Waals surface area contributed by atoms with Gasteiger partial charge in [-0.05, 0) is 68.3 Å². The average molecular weight is 425 g/mol. The van der Waals surface area contributed by atoms with E-state index in [0.29, 0.717) is 17.1 Å². The fourth-order valence-corrected chi connectivity index (χ4v) is 3.38. The second-order valence-electron chi connectivity index (χ2n) is 7.73. The van der Waals surface area contributed by atoms with Gasteiger partial charge in [0.2, 0.25) is 0 Å². The molecular formula is C26H24N4O2. The molecule has 0 fully saturated rings. The highest BCUT2D eigenvalue weighted by Crippen LogP contribution is 2.23. The van der Waals surface area contributed by atoms with Crippen molar-refractivity contribution in [2.45, 2.75) is 20.8 Å². The lowest BCUT2D eigenvalue weighted by Crippen LogP contribution is -2.19. The van der Waals surface area contributed by atoms with Gasteiger partial charge in [-0.15, -0.1) is 0 Å². The zero-order valence-electron chi connectivity index (χ0n) is 18.2. The normalized spacial score (nSPS) is 10.6. The quantitative estimate of drug-likeness (QED) is 0.456. The number of amides is 2. The Labute approximate surface area is 186 Å². The highest BCUT2D eigenvalue weighted by Gasteiger charge is 2.21. The minimum absolute atomic E-state index is 0.271. The highest BCUT2D eigenvalue weighted by molar-refractivity contribution is 6.12. The molecule has 3 aromatic carbocycles. The third-order valence-electron chi connectivity index (χ3n) is 5.29. The molecule has 0 aliphatic rings. The van der Waals surface area contributed by atoms with E-state index in [1.54, 1.807) is 16.8 Å². The number of hydrogen-bond acceptors (Lipinski definition) is 3. The lowest BCUT2D eigenvalue weighted by atomic mass is 10.1. The van der Waals surface area contributed by atoms with E-state index in [2.05, 4.69) is 15.7 Å². The summed E-state index contributed by atoms with van der Waals surface area (Å²) in [7, 11) is 0. The van der Waals surface area contributed by atoms with Crippen LogP contribution in [0.5, 0.6) is 0 Å². The molecule has 1 aromatic heterocycles. The first-order valence-corrected chi connectivity index (χ1v) is 10.3. The van der Waals surface area contributed by atoms with Crippen molar-refractivity contribution < 1.29 is 9.59 Å². The number of nitrogens with zero attached hydrogens (tertiary/aromatic N) is 2. The molecule has 0 saturated heterocycles. The monoisotopic (exact) mass is 424 g/mol. The van der Waals surface area contributed by atoms with Crippen LogP contribution in [0.25, 0.3) is 5.69 Å². The number of carbonyl (C=O) groups excluding carboxylic acids is 2. The van der Waals surface area contributed by atoms with Gasteiger partial charge < -0.3 is 10.6 Å². The van der Waals surface area contributed by atoms with Gasteiger partial charge in [-0.25, -0.2) is 4.68 Å². The van der Waals surface area contributed by atoms with Gasteiger partial charge in [-0.1, -0.05) is 42.0 Å².